The number of aromatic nitrogens is 2. The molecule has 0 spiro atoms. The number of hydrogen-bond acceptors (Lipinski definition) is 6. The summed E-state index contributed by atoms with van der Waals surface area (Å²) in [5.74, 6) is -1.09. The van der Waals surface area contributed by atoms with E-state index < -0.39 is 23.3 Å². The van der Waals surface area contributed by atoms with Crippen molar-refractivity contribution in [1.29, 1.82) is 0 Å². The first-order valence-corrected chi connectivity index (χ1v) is 9.78. The third-order valence-corrected chi connectivity index (χ3v) is 5.63. The van der Waals surface area contributed by atoms with Crippen LogP contribution in [-0.2, 0) is 16.1 Å². The minimum atomic E-state index is -0.504. The molecule has 0 fully saturated rings. The maximum absolute atomic E-state index is 13.7. The average Bonchev–Trinajstić information content (AvgIpc) is 2.98. The highest BCUT2D eigenvalue weighted by Crippen LogP contribution is 2.28. The summed E-state index contributed by atoms with van der Waals surface area (Å²) in [6, 6.07) is 4.36. The molecule has 7 nitrogen and oxygen atoms in total. The van der Waals surface area contributed by atoms with Gasteiger partial charge in [0.1, 0.15) is 27.9 Å². The van der Waals surface area contributed by atoms with Crippen molar-refractivity contribution in [2.24, 2.45) is 0 Å². The Labute approximate surface area is 170 Å². The highest BCUT2D eigenvalue weighted by molar-refractivity contribution is 7.20. The van der Waals surface area contributed by atoms with Crippen molar-refractivity contribution in [3.8, 4) is 0 Å². The molecule has 0 aliphatic rings. The number of ether oxygens (including phenoxy) is 1. The number of thiophene rings is 1. The molecule has 2 heterocycles. The van der Waals surface area contributed by atoms with Gasteiger partial charge in [-0.15, -0.1) is 11.3 Å². The number of carbonyl (C=O) groups is 2. The van der Waals surface area contributed by atoms with Crippen LogP contribution in [0.1, 0.15) is 33.5 Å². The van der Waals surface area contributed by atoms with Crippen molar-refractivity contribution >= 4 is 39.1 Å². The highest BCUT2D eigenvalue weighted by Gasteiger charge is 2.22. The van der Waals surface area contributed by atoms with Gasteiger partial charge in [-0.05, 0) is 51.0 Å². The molecule has 0 saturated carbocycles. The lowest BCUT2D eigenvalue weighted by Gasteiger charge is -2.11. The van der Waals surface area contributed by atoms with Gasteiger partial charge in [-0.3, -0.25) is 14.2 Å². The largest absolute Gasteiger partial charge is 0.462 e. The van der Waals surface area contributed by atoms with E-state index >= 15 is 0 Å². The van der Waals surface area contributed by atoms with Crippen LogP contribution in [0.15, 0.2) is 23.0 Å². The third-order valence-electron chi connectivity index (χ3n) is 4.46. The van der Waals surface area contributed by atoms with E-state index in [4.69, 9.17) is 4.74 Å². The number of nitrogens with one attached hydrogen (secondary N) is 1. The second-order valence-corrected chi connectivity index (χ2v) is 7.52. The molecule has 0 radical (unpaired) electrons. The van der Waals surface area contributed by atoms with Crippen molar-refractivity contribution < 1.29 is 18.7 Å². The number of fused-ring (bicyclic) bond motifs is 1. The smallest absolute Gasteiger partial charge is 0.348 e. The number of rotatable bonds is 5. The quantitative estimate of drug-likeness (QED) is 0.643. The average molecular weight is 417 g/mol. The molecule has 3 aromatic rings. The SMILES string of the molecule is CCOC(=O)c1sc2nc(C)n(CC(=O)Nc3ccc(C)c(F)c3)c(=O)c2c1C. The number of halogens is 1. The predicted octanol–water partition coefficient (Wildman–Crippen LogP) is 3.34. The van der Waals surface area contributed by atoms with Crippen LogP contribution in [0.5, 0.6) is 0 Å². The van der Waals surface area contributed by atoms with Crippen molar-refractivity contribution in [2.45, 2.75) is 34.2 Å². The zero-order valence-corrected chi connectivity index (χ0v) is 17.3. The van der Waals surface area contributed by atoms with Gasteiger partial charge in [0, 0.05) is 5.69 Å². The number of benzene rings is 1. The summed E-state index contributed by atoms with van der Waals surface area (Å²) in [5.41, 5.74) is 0.835. The lowest BCUT2D eigenvalue weighted by atomic mass is 10.2. The zero-order valence-electron chi connectivity index (χ0n) is 16.5. The third kappa shape index (κ3) is 4.04. The Morgan fingerprint density at radius 2 is 2.00 bits per heavy atom. The van der Waals surface area contributed by atoms with E-state index in [0.29, 0.717) is 32.3 Å². The van der Waals surface area contributed by atoms with Crippen LogP contribution >= 0.6 is 11.3 Å². The van der Waals surface area contributed by atoms with E-state index in [-0.39, 0.29) is 18.5 Å². The van der Waals surface area contributed by atoms with Gasteiger partial charge in [-0.1, -0.05) is 6.07 Å². The summed E-state index contributed by atoms with van der Waals surface area (Å²) in [4.78, 5) is 42.6. The van der Waals surface area contributed by atoms with Gasteiger partial charge in [0.05, 0.1) is 12.0 Å². The molecule has 0 bridgehead atoms. The van der Waals surface area contributed by atoms with E-state index in [1.807, 2.05) is 0 Å². The van der Waals surface area contributed by atoms with E-state index in [1.165, 1.54) is 10.6 Å². The monoisotopic (exact) mass is 417 g/mol. The fourth-order valence-corrected chi connectivity index (χ4v) is 4.02. The topological polar surface area (TPSA) is 90.3 Å². The summed E-state index contributed by atoms with van der Waals surface area (Å²) in [7, 11) is 0. The Balaban J connectivity index is 1.94. The molecular weight excluding hydrogens is 397 g/mol. The molecule has 1 amide bonds. The van der Waals surface area contributed by atoms with Gasteiger partial charge >= 0.3 is 5.97 Å². The molecule has 1 N–H and O–H groups in total. The minimum absolute atomic E-state index is 0.225. The van der Waals surface area contributed by atoms with Crippen LogP contribution in [0.25, 0.3) is 10.2 Å². The molecule has 0 unspecified atom stereocenters. The van der Waals surface area contributed by atoms with Crippen molar-refractivity contribution in [2.75, 3.05) is 11.9 Å². The van der Waals surface area contributed by atoms with Crippen LogP contribution in [0, 0.1) is 26.6 Å². The van der Waals surface area contributed by atoms with Crippen molar-refractivity contribution in [3.05, 3.63) is 56.2 Å². The normalized spacial score (nSPS) is 10.9. The van der Waals surface area contributed by atoms with E-state index in [0.717, 1.165) is 11.3 Å². The lowest BCUT2D eigenvalue weighted by Crippen LogP contribution is -2.30. The fourth-order valence-electron chi connectivity index (χ4n) is 2.91. The summed E-state index contributed by atoms with van der Waals surface area (Å²) < 4.78 is 19.9. The molecule has 152 valence electrons. The van der Waals surface area contributed by atoms with Gasteiger partial charge in [0.15, 0.2) is 0 Å². The number of anilines is 1. The van der Waals surface area contributed by atoms with Crippen LogP contribution in [0.3, 0.4) is 0 Å². The maximum atomic E-state index is 13.7. The number of hydrogen-bond donors (Lipinski definition) is 1. The van der Waals surface area contributed by atoms with Crippen LogP contribution < -0.4 is 10.9 Å². The summed E-state index contributed by atoms with van der Waals surface area (Å²) in [5, 5.41) is 2.87. The van der Waals surface area contributed by atoms with E-state index in [2.05, 4.69) is 10.3 Å². The zero-order chi connectivity index (χ0) is 21.3. The number of esters is 1. The van der Waals surface area contributed by atoms with Crippen molar-refractivity contribution in [3.63, 3.8) is 0 Å². The molecule has 0 saturated heterocycles. The van der Waals surface area contributed by atoms with Gasteiger partial charge in [-0.25, -0.2) is 14.2 Å². The first-order valence-electron chi connectivity index (χ1n) is 8.96. The minimum Gasteiger partial charge on any atom is -0.462 e. The summed E-state index contributed by atoms with van der Waals surface area (Å²) >= 11 is 1.09. The Bertz CT molecular complexity index is 1180. The molecule has 1 aromatic carbocycles. The van der Waals surface area contributed by atoms with Gasteiger partial charge < -0.3 is 10.1 Å². The molecule has 0 aliphatic heterocycles. The summed E-state index contributed by atoms with van der Waals surface area (Å²) in [6.45, 7) is 6.53. The van der Waals surface area contributed by atoms with E-state index in [1.54, 1.807) is 39.8 Å². The van der Waals surface area contributed by atoms with Crippen LogP contribution in [0.4, 0.5) is 10.1 Å². The standard InChI is InChI=1S/C20H20FN3O4S/c1-5-28-20(27)17-11(3)16-18(29-17)22-12(4)24(19(16)26)9-15(25)23-13-7-6-10(2)14(21)8-13/h6-8H,5,9H2,1-4H3,(H,23,25). The fraction of sp³-hybridized carbons (Fsp3) is 0.300. The molecule has 9 heteroatoms. The second-order valence-electron chi connectivity index (χ2n) is 6.52. The Morgan fingerprint density at radius 1 is 1.28 bits per heavy atom. The van der Waals surface area contributed by atoms with Crippen LogP contribution in [0.2, 0.25) is 0 Å². The number of nitrogens with zero attached hydrogens (tertiary/aromatic N) is 2. The van der Waals surface area contributed by atoms with Gasteiger partial charge in [0.2, 0.25) is 5.91 Å². The Hall–Kier alpha value is -3.07. The molecule has 0 atom stereocenters. The molecule has 3 rings (SSSR count). The van der Waals surface area contributed by atoms with Crippen LogP contribution in [-0.4, -0.2) is 28.0 Å². The van der Waals surface area contributed by atoms with Crippen molar-refractivity contribution in [1.82, 2.24) is 9.55 Å². The number of aryl methyl sites for hydroxylation is 3. The molecule has 2 aromatic heterocycles. The van der Waals surface area contributed by atoms with Gasteiger partial charge in [0.25, 0.3) is 5.56 Å². The summed E-state index contributed by atoms with van der Waals surface area (Å²) in [6.07, 6.45) is 0. The Morgan fingerprint density at radius 3 is 2.66 bits per heavy atom. The molecule has 0 aliphatic carbocycles. The molecular formula is C20H20FN3O4S. The highest BCUT2D eigenvalue weighted by atomic mass is 32.1. The number of amides is 1. The van der Waals surface area contributed by atoms with Gasteiger partial charge in [-0.2, -0.15) is 0 Å². The molecule has 29 heavy (non-hydrogen) atoms. The lowest BCUT2D eigenvalue weighted by molar-refractivity contribution is -0.116. The van der Waals surface area contributed by atoms with E-state index in [9.17, 15) is 18.8 Å². The first-order chi connectivity index (χ1) is 13.7. The second kappa shape index (κ2) is 8.12. The number of carbonyl (C=O) groups excluding carboxylic acids is 2. The Kier molecular flexibility index (Phi) is 5.78. The first kappa shape index (κ1) is 20.7. The maximum Gasteiger partial charge on any atom is 0.348 e. The predicted molar refractivity (Wildman–Crippen MR) is 109 cm³/mol.